The van der Waals surface area contributed by atoms with E-state index in [1.54, 1.807) is 7.11 Å². The summed E-state index contributed by atoms with van der Waals surface area (Å²) in [7, 11) is 1.64. The van der Waals surface area contributed by atoms with Crippen LogP contribution >= 0.6 is 0 Å². The number of hydrogen-bond acceptors (Lipinski definition) is 2. The van der Waals surface area contributed by atoms with Crippen LogP contribution < -0.4 is 10.1 Å². The molecule has 0 heterocycles. The number of hydrogen-bond donors (Lipinski definition) is 1. The van der Waals surface area contributed by atoms with E-state index >= 15 is 0 Å². The fraction of sp³-hybridized carbons (Fsp3) is 0.107. The van der Waals surface area contributed by atoms with E-state index in [2.05, 4.69) is 5.32 Å². The molecule has 0 bridgehead atoms. The largest absolute Gasteiger partial charge is 0.497 e. The zero-order valence-electron chi connectivity index (χ0n) is 17.5. The Kier molecular flexibility index (Phi) is 6.13. The smallest absolute Gasteiger partial charge is 0.239 e. The van der Waals surface area contributed by atoms with E-state index < -0.39 is 5.41 Å². The third kappa shape index (κ3) is 4.08. The van der Waals surface area contributed by atoms with Gasteiger partial charge in [-0.1, -0.05) is 103 Å². The minimum atomic E-state index is -0.962. The summed E-state index contributed by atoms with van der Waals surface area (Å²) >= 11 is 0. The van der Waals surface area contributed by atoms with Gasteiger partial charge >= 0.3 is 0 Å². The first-order valence-corrected chi connectivity index (χ1v) is 10.3. The number of ether oxygens (including phenoxy) is 1. The first-order chi connectivity index (χ1) is 15.2. The molecule has 4 aromatic carbocycles. The highest BCUT2D eigenvalue weighted by Gasteiger charge is 2.43. The van der Waals surface area contributed by atoms with Gasteiger partial charge in [0.1, 0.15) is 11.2 Å². The van der Waals surface area contributed by atoms with Gasteiger partial charge in [0, 0.05) is 6.54 Å². The minimum Gasteiger partial charge on any atom is -0.497 e. The number of carbonyl (C=O) groups is 1. The topological polar surface area (TPSA) is 38.3 Å². The van der Waals surface area contributed by atoms with Crippen molar-refractivity contribution < 1.29 is 9.53 Å². The second-order valence-electron chi connectivity index (χ2n) is 7.38. The lowest BCUT2D eigenvalue weighted by molar-refractivity contribution is -0.124. The Morgan fingerprint density at radius 3 is 1.48 bits per heavy atom. The molecule has 0 aliphatic carbocycles. The van der Waals surface area contributed by atoms with Crippen molar-refractivity contribution in [3.8, 4) is 5.75 Å². The van der Waals surface area contributed by atoms with Gasteiger partial charge in [-0.2, -0.15) is 0 Å². The number of rotatable bonds is 7. The molecule has 0 aromatic heterocycles. The third-order valence-corrected chi connectivity index (χ3v) is 5.57. The maximum Gasteiger partial charge on any atom is 0.239 e. The Balaban J connectivity index is 1.80. The van der Waals surface area contributed by atoms with E-state index in [4.69, 9.17) is 4.74 Å². The van der Waals surface area contributed by atoms with Crippen LogP contribution in [0.5, 0.6) is 5.75 Å². The summed E-state index contributed by atoms with van der Waals surface area (Å²) in [4.78, 5) is 14.0. The Morgan fingerprint density at radius 2 is 1.10 bits per heavy atom. The Hall–Kier alpha value is -3.85. The molecule has 0 saturated heterocycles. The molecule has 154 valence electrons. The zero-order valence-corrected chi connectivity index (χ0v) is 17.5. The summed E-state index contributed by atoms with van der Waals surface area (Å²) in [6.07, 6.45) is 0. The summed E-state index contributed by atoms with van der Waals surface area (Å²) in [5.41, 5.74) is 2.84. The van der Waals surface area contributed by atoms with Gasteiger partial charge in [-0.05, 0) is 34.4 Å². The summed E-state index contributed by atoms with van der Waals surface area (Å²) in [5.74, 6) is 0.731. The predicted octanol–water partition coefficient (Wildman–Crippen LogP) is 5.35. The van der Waals surface area contributed by atoms with E-state index in [1.807, 2.05) is 115 Å². The summed E-state index contributed by atoms with van der Waals surface area (Å²) in [5, 5.41) is 3.19. The molecule has 31 heavy (non-hydrogen) atoms. The molecule has 4 aromatic rings. The van der Waals surface area contributed by atoms with Crippen LogP contribution in [0.4, 0.5) is 0 Å². The Morgan fingerprint density at radius 1 is 0.677 bits per heavy atom. The fourth-order valence-corrected chi connectivity index (χ4v) is 4.02. The first-order valence-electron chi connectivity index (χ1n) is 10.3. The lowest BCUT2D eigenvalue weighted by atomic mass is 9.68. The van der Waals surface area contributed by atoms with Crippen LogP contribution in [0.15, 0.2) is 115 Å². The second-order valence-corrected chi connectivity index (χ2v) is 7.38. The summed E-state index contributed by atoms with van der Waals surface area (Å²) in [6, 6.07) is 37.7. The maximum absolute atomic E-state index is 14.0. The summed E-state index contributed by atoms with van der Waals surface area (Å²) < 4.78 is 5.24. The Bertz CT molecular complexity index is 1010. The molecule has 0 unspecified atom stereocenters. The minimum absolute atomic E-state index is 0.0630. The van der Waals surface area contributed by atoms with Gasteiger partial charge in [-0.15, -0.1) is 0 Å². The number of methoxy groups -OCH3 is 1. The first kappa shape index (κ1) is 20.4. The van der Waals surface area contributed by atoms with Crippen LogP contribution in [0, 0.1) is 0 Å². The van der Waals surface area contributed by atoms with Crippen LogP contribution in [-0.4, -0.2) is 13.0 Å². The molecule has 3 heteroatoms. The quantitative estimate of drug-likeness (QED) is 0.420. The van der Waals surface area contributed by atoms with Crippen molar-refractivity contribution in [3.63, 3.8) is 0 Å². The molecule has 0 radical (unpaired) electrons. The fourth-order valence-electron chi connectivity index (χ4n) is 4.02. The molecule has 0 spiro atoms. The van der Waals surface area contributed by atoms with Gasteiger partial charge in [-0.25, -0.2) is 0 Å². The highest BCUT2D eigenvalue weighted by Crippen LogP contribution is 2.39. The average molecular weight is 408 g/mol. The standard InChI is InChI=1S/C28H25NO2/c1-31-26-19-17-22(18-20-26)21-29-27(30)28(23-11-5-2-6-12-23,24-13-7-3-8-14-24)25-15-9-4-10-16-25/h2-20H,21H2,1H3,(H,29,30). The van der Waals surface area contributed by atoms with Gasteiger partial charge < -0.3 is 10.1 Å². The van der Waals surface area contributed by atoms with Crippen molar-refractivity contribution >= 4 is 5.91 Å². The average Bonchev–Trinajstić information content (AvgIpc) is 2.85. The van der Waals surface area contributed by atoms with Crippen molar-refractivity contribution in [1.82, 2.24) is 5.32 Å². The van der Waals surface area contributed by atoms with E-state index in [1.165, 1.54) is 0 Å². The molecule has 0 fully saturated rings. The molecule has 4 rings (SSSR count). The number of nitrogens with one attached hydrogen (secondary N) is 1. The van der Waals surface area contributed by atoms with Crippen molar-refractivity contribution in [1.29, 1.82) is 0 Å². The molecule has 1 N–H and O–H groups in total. The van der Waals surface area contributed by atoms with Crippen molar-refractivity contribution in [2.45, 2.75) is 12.0 Å². The van der Waals surface area contributed by atoms with Crippen molar-refractivity contribution in [3.05, 3.63) is 138 Å². The predicted molar refractivity (Wildman–Crippen MR) is 124 cm³/mol. The summed E-state index contributed by atoms with van der Waals surface area (Å²) in [6.45, 7) is 0.428. The molecule has 0 aliphatic heterocycles. The van der Waals surface area contributed by atoms with Crippen LogP contribution in [0.3, 0.4) is 0 Å². The second kappa shape index (κ2) is 9.31. The molecule has 0 aliphatic rings. The van der Waals surface area contributed by atoms with Gasteiger partial charge in [0.2, 0.25) is 5.91 Å². The van der Waals surface area contributed by atoms with Crippen molar-refractivity contribution in [2.75, 3.05) is 7.11 Å². The number of benzene rings is 4. The number of carbonyl (C=O) groups excluding carboxylic acids is 1. The normalized spacial score (nSPS) is 11.0. The molecular weight excluding hydrogens is 382 g/mol. The van der Waals surface area contributed by atoms with E-state index in [9.17, 15) is 4.79 Å². The van der Waals surface area contributed by atoms with E-state index in [0.29, 0.717) is 6.54 Å². The third-order valence-electron chi connectivity index (χ3n) is 5.57. The van der Waals surface area contributed by atoms with E-state index in [-0.39, 0.29) is 5.91 Å². The monoisotopic (exact) mass is 407 g/mol. The van der Waals surface area contributed by atoms with Crippen molar-refractivity contribution in [2.24, 2.45) is 0 Å². The lowest BCUT2D eigenvalue weighted by Crippen LogP contribution is -2.46. The molecule has 0 saturated carbocycles. The highest BCUT2D eigenvalue weighted by molar-refractivity contribution is 5.96. The van der Waals surface area contributed by atoms with E-state index in [0.717, 1.165) is 28.0 Å². The highest BCUT2D eigenvalue weighted by atomic mass is 16.5. The lowest BCUT2D eigenvalue weighted by Gasteiger charge is -2.34. The molecule has 1 amide bonds. The molecule has 0 atom stereocenters. The van der Waals surface area contributed by atoms with Crippen LogP contribution in [0.2, 0.25) is 0 Å². The van der Waals surface area contributed by atoms with Gasteiger partial charge in [0.05, 0.1) is 7.11 Å². The Labute approximate surface area is 183 Å². The van der Waals surface area contributed by atoms with Crippen LogP contribution in [0.1, 0.15) is 22.3 Å². The molecule has 3 nitrogen and oxygen atoms in total. The zero-order chi connectivity index (χ0) is 21.5. The SMILES string of the molecule is COc1ccc(CNC(=O)C(c2ccccc2)(c2ccccc2)c2ccccc2)cc1. The maximum atomic E-state index is 14.0. The molecular formula is C28H25NO2. The number of amides is 1. The van der Waals surface area contributed by atoms with Crippen LogP contribution in [0.25, 0.3) is 0 Å². The van der Waals surface area contributed by atoms with Gasteiger partial charge in [0.15, 0.2) is 0 Å². The van der Waals surface area contributed by atoms with Gasteiger partial charge in [-0.3, -0.25) is 4.79 Å². The van der Waals surface area contributed by atoms with Crippen LogP contribution in [-0.2, 0) is 16.8 Å². The van der Waals surface area contributed by atoms with Gasteiger partial charge in [0.25, 0.3) is 0 Å².